The Morgan fingerprint density at radius 3 is 2.61 bits per heavy atom. The second-order valence-corrected chi connectivity index (χ2v) is 5.93. The molecular formula is C11H17N3O3S. The number of piperazine rings is 1. The smallest absolute Gasteiger partial charge is 0.301 e. The van der Waals surface area contributed by atoms with Crippen LogP contribution in [-0.2, 0) is 10.2 Å². The van der Waals surface area contributed by atoms with Crippen LogP contribution in [0.2, 0.25) is 0 Å². The zero-order chi connectivity index (χ0) is 13.2. The van der Waals surface area contributed by atoms with Gasteiger partial charge in [0.25, 0.3) is 0 Å². The highest BCUT2D eigenvalue weighted by atomic mass is 32.2. The summed E-state index contributed by atoms with van der Waals surface area (Å²) in [5, 5.41) is 12.4. The van der Waals surface area contributed by atoms with Crippen LogP contribution in [0.15, 0.2) is 18.2 Å². The summed E-state index contributed by atoms with van der Waals surface area (Å²) in [5.41, 5.74) is 1.18. The Morgan fingerprint density at radius 1 is 1.33 bits per heavy atom. The zero-order valence-electron chi connectivity index (χ0n) is 10.2. The number of phenols is 1. The number of nitrogens with one attached hydrogen (secondary N) is 2. The van der Waals surface area contributed by atoms with Crippen LogP contribution in [0.25, 0.3) is 0 Å². The van der Waals surface area contributed by atoms with Gasteiger partial charge in [-0.3, -0.25) is 4.72 Å². The van der Waals surface area contributed by atoms with Gasteiger partial charge in [0, 0.05) is 26.2 Å². The monoisotopic (exact) mass is 271 g/mol. The summed E-state index contributed by atoms with van der Waals surface area (Å²) in [7, 11) is -3.51. The van der Waals surface area contributed by atoms with Gasteiger partial charge in [0.1, 0.15) is 5.75 Å². The van der Waals surface area contributed by atoms with Crippen molar-refractivity contribution in [3.05, 3.63) is 23.8 Å². The number of aryl methyl sites for hydroxylation is 1. The number of rotatable bonds is 3. The first-order valence-corrected chi connectivity index (χ1v) is 7.21. The molecule has 1 aliphatic heterocycles. The molecule has 1 heterocycles. The van der Waals surface area contributed by atoms with Gasteiger partial charge in [0.15, 0.2) is 0 Å². The van der Waals surface area contributed by atoms with E-state index in [0.29, 0.717) is 37.4 Å². The number of nitrogens with zero attached hydrogens (tertiary/aromatic N) is 1. The van der Waals surface area contributed by atoms with Crippen LogP contribution in [0.3, 0.4) is 0 Å². The second kappa shape index (κ2) is 5.13. The summed E-state index contributed by atoms with van der Waals surface area (Å²) < 4.78 is 28.2. The highest BCUT2D eigenvalue weighted by molar-refractivity contribution is 7.90. The molecule has 0 atom stereocenters. The lowest BCUT2D eigenvalue weighted by Crippen LogP contribution is -2.48. The lowest BCUT2D eigenvalue weighted by atomic mass is 10.2. The molecule has 0 bridgehead atoms. The minimum Gasteiger partial charge on any atom is -0.508 e. The molecule has 0 aliphatic carbocycles. The van der Waals surface area contributed by atoms with Gasteiger partial charge in [-0.15, -0.1) is 0 Å². The average Bonchev–Trinajstić information content (AvgIpc) is 2.34. The van der Waals surface area contributed by atoms with Crippen molar-refractivity contribution in [1.29, 1.82) is 0 Å². The van der Waals surface area contributed by atoms with E-state index in [9.17, 15) is 13.5 Å². The van der Waals surface area contributed by atoms with Gasteiger partial charge in [0.05, 0.1) is 5.69 Å². The Kier molecular flexibility index (Phi) is 3.74. The van der Waals surface area contributed by atoms with E-state index in [1.807, 2.05) is 0 Å². The predicted octanol–water partition coefficient (Wildman–Crippen LogP) is 0.263. The van der Waals surface area contributed by atoms with Crippen LogP contribution in [0.5, 0.6) is 5.75 Å². The van der Waals surface area contributed by atoms with Gasteiger partial charge in [-0.05, 0) is 30.7 Å². The number of hydrogen-bond donors (Lipinski definition) is 3. The number of anilines is 1. The van der Waals surface area contributed by atoms with Crippen molar-refractivity contribution in [2.45, 2.75) is 6.92 Å². The summed E-state index contributed by atoms with van der Waals surface area (Å²) in [6.07, 6.45) is 0. The van der Waals surface area contributed by atoms with Gasteiger partial charge >= 0.3 is 10.2 Å². The maximum Gasteiger partial charge on any atom is 0.301 e. The van der Waals surface area contributed by atoms with Crippen molar-refractivity contribution >= 4 is 15.9 Å². The van der Waals surface area contributed by atoms with Gasteiger partial charge in [-0.25, -0.2) is 0 Å². The van der Waals surface area contributed by atoms with Crippen LogP contribution < -0.4 is 10.0 Å². The van der Waals surface area contributed by atoms with Crippen molar-refractivity contribution in [2.24, 2.45) is 0 Å². The molecule has 0 amide bonds. The molecule has 1 fully saturated rings. The largest absolute Gasteiger partial charge is 0.508 e. The van der Waals surface area contributed by atoms with Crippen LogP contribution in [-0.4, -0.2) is 44.0 Å². The third kappa shape index (κ3) is 2.92. The fraction of sp³-hybridized carbons (Fsp3) is 0.455. The Morgan fingerprint density at radius 2 is 2.00 bits per heavy atom. The number of phenolic OH excluding ortho intramolecular Hbond substituents is 1. The van der Waals surface area contributed by atoms with Gasteiger partial charge in [0.2, 0.25) is 0 Å². The second-order valence-electron chi connectivity index (χ2n) is 4.26. The highest BCUT2D eigenvalue weighted by Crippen LogP contribution is 2.21. The molecule has 1 aromatic rings. The topological polar surface area (TPSA) is 81.7 Å². The average molecular weight is 271 g/mol. The molecule has 6 nitrogen and oxygen atoms in total. The zero-order valence-corrected chi connectivity index (χ0v) is 11.0. The predicted molar refractivity (Wildman–Crippen MR) is 69.8 cm³/mol. The van der Waals surface area contributed by atoms with Crippen molar-refractivity contribution in [3.63, 3.8) is 0 Å². The lowest BCUT2D eigenvalue weighted by Gasteiger charge is -2.27. The maximum absolute atomic E-state index is 12.1. The molecule has 0 aromatic heterocycles. The third-order valence-corrected chi connectivity index (χ3v) is 4.39. The van der Waals surface area contributed by atoms with E-state index in [1.165, 1.54) is 16.4 Å². The fourth-order valence-electron chi connectivity index (χ4n) is 1.85. The molecule has 100 valence electrons. The number of hydrogen-bond acceptors (Lipinski definition) is 4. The molecule has 0 unspecified atom stereocenters. The molecular weight excluding hydrogens is 254 g/mol. The Balaban J connectivity index is 2.16. The summed E-state index contributed by atoms with van der Waals surface area (Å²) in [4.78, 5) is 0. The molecule has 1 saturated heterocycles. The summed E-state index contributed by atoms with van der Waals surface area (Å²) in [6.45, 7) is 4.00. The molecule has 0 saturated carbocycles. The van der Waals surface area contributed by atoms with Gasteiger partial charge in [-0.2, -0.15) is 12.7 Å². The summed E-state index contributed by atoms with van der Waals surface area (Å²) in [5.74, 6) is 0.123. The van der Waals surface area contributed by atoms with Crippen LogP contribution in [0, 0.1) is 6.92 Å². The molecule has 0 spiro atoms. The fourth-order valence-corrected chi connectivity index (χ4v) is 3.15. The van der Waals surface area contributed by atoms with Gasteiger partial charge < -0.3 is 10.4 Å². The van der Waals surface area contributed by atoms with E-state index in [4.69, 9.17) is 0 Å². The summed E-state index contributed by atoms with van der Waals surface area (Å²) in [6, 6.07) is 4.54. The van der Waals surface area contributed by atoms with E-state index in [-0.39, 0.29) is 5.75 Å². The van der Waals surface area contributed by atoms with Gasteiger partial charge in [-0.1, -0.05) is 0 Å². The molecule has 0 radical (unpaired) electrons. The first-order valence-electron chi connectivity index (χ1n) is 5.77. The van der Waals surface area contributed by atoms with Crippen LogP contribution >= 0.6 is 0 Å². The Labute approximate surface area is 107 Å². The third-order valence-electron chi connectivity index (χ3n) is 2.86. The number of benzene rings is 1. The maximum atomic E-state index is 12.1. The first kappa shape index (κ1) is 13.1. The quantitative estimate of drug-likeness (QED) is 0.689. The Bertz CT molecular complexity index is 524. The van der Waals surface area contributed by atoms with Crippen molar-refractivity contribution in [3.8, 4) is 5.75 Å². The molecule has 18 heavy (non-hydrogen) atoms. The standard InChI is InChI=1S/C11H17N3O3S/c1-9-8-10(15)2-3-11(9)13-18(16,17)14-6-4-12-5-7-14/h2-3,8,12-13,15H,4-7H2,1H3. The van der Waals surface area contributed by atoms with Crippen molar-refractivity contribution in [2.75, 3.05) is 30.9 Å². The van der Waals surface area contributed by atoms with Crippen LogP contribution in [0.4, 0.5) is 5.69 Å². The number of aromatic hydroxyl groups is 1. The molecule has 7 heteroatoms. The molecule has 1 aliphatic rings. The Hall–Kier alpha value is -1.31. The summed E-state index contributed by atoms with van der Waals surface area (Å²) >= 11 is 0. The van der Waals surface area contributed by atoms with E-state index in [0.717, 1.165) is 0 Å². The SMILES string of the molecule is Cc1cc(O)ccc1NS(=O)(=O)N1CCNCC1. The van der Waals surface area contributed by atoms with E-state index >= 15 is 0 Å². The highest BCUT2D eigenvalue weighted by Gasteiger charge is 2.23. The van der Waals surface area contributed by atoms with Crippen molar-refractivity contribution < 1.29 is 13.5 Å². The molecule has 1 aromatic carbocycles. The van der Waals surface area contributed by atoms with Crippen molar-refractivity contribution in [1.82, 2.24) is 9.62 Å². The van der Waals surface area contributed by atoms with E-state index in [1.54, 1.807) is 13.0 Å². The van der Waals surface area contributed by atoms with E-state index in [2.05, 4.69) is 10.0 Å². The first-order chi connectivity index (χ1) is 8.49. The minimum atomic E-state index is -3.51. The van der Waals surface area contributed by atoms with E-state index < -0.39 is 10.2 Å². The molecule has 3 N–H and O–H groups in total. The molecule has 2 rings (SSSR count). The lowest BCUT2D eigenvalue weighted by molar-refractivity contribution is 0.362. The minimum absolute atomic E-state index is 0.123. The normalized spacial score (nSPS) is 17.6. The van der Waals surface area contributed by atoms with Crippen LogP contribution in [0.1, 0.15) is 5.56 Å².